The molecule has 3 aromatic heterocycles. The highest BCUT2D eigenvalue weighted by Gasteiger charge is 2.23. The maximum absolute atomic E-state index is 14.8. The first-order valence-electron chi connectivity index (χ1n) is 9.90. The average Bonchev–Trinajstić information content (AvgIpc) is 3.42. The van der Waals surface area contributed by atoms with Gasteiger partial charge in [-0.05, 0) is 37.7 Å². The molecule has 4 aromatic rings. The summed E-state index contributed by atoms with van der Waals surface area (Å²) >= 11 is 1.43. The third-order valence-corrected chi connectivity index (χ3v) is 6.25. The number of ether oxygens (including phenoxy) is 1. The van der Waals surface area contributed by atoms with Gasteiger partial charge in [-0.15, -0.1) is 11.8 Å². The van der Waals surface area contributed by atoms with Gasteiger partial charge in [-0.2, -0.15) is 5.10 Å². The van der Waals surface area contributed by atoms with Gasteiger partial charge in [0.05, 0.1) is 17.3 Å². The lowest BCUT2D eigenvalue weighted by molar-refractivity contribution is -0.0394. The summed E-state index contributed by atoms with van der Waals surface area (Å²) in [6.07, 6.45) is 10.1. The van der Waals surface area contributed by atoms with Crippen molar-refractivity contribution in [2.45, 2.75) is 30.4 Å². The van der Waals surface area contributed by atoms with Crippen LogP contribution in [0.2, 0.25) is 0 Å². The molecule has 0 radical (unpaired) electrons. The summed E-state index contributed by atoms with van der Waals surface area (Å²) < 4.78 is 27.9. The summed E-state index contributed by atoms with van der Waals surface area (Å²) in [7, 11) is 0. The molecule has 0 amide bonds. The Morgan fingerprint density at radius 2 is 2.06 bits per heavy atom. The van der Waals surface area contributed by atoms with Gasteiger partial charge in [-0.3, -0.25) is 4.98 Å². The van der Waals surface area contributed by atoms with E-state index in [4.69, 9.17) is 20.7 Å². The number of nitrogens with two attached hydrogens (primary N) is 2. The zero-order valence-corrected chi connectivity index (χ0v) is 17.7. The van der Waals surface area contributed by atoms with Crippen molar-refractivity contribution in [2.75, 3.05) is 24.3 Å². The molecule has 1 atom stereocenters. The lowest BCUT2D eigenvalue weighted by Crippen LogP contribution is -2.18. The minimum atomic E-state index is -0.486. The average molecular weight is 441 g/mol. The smallest absolute Gasteiger partial charge is 0.180 e. The van der Waals surface area contributed by atoms with E-state index in [0.717, 1.165) is 36.3 Å². The molecule has 0 saturated carbocycles. The molecule has 0 bridgehead atoms. The highest BCUT2D eigenvalue weighted by Crippen LogP contribution is 2.40. The van der Waals surface area contributed by atoms with E-state index in [0.29, 0.717) is 27.9 Å². The minimum Gasteiger partial charge on any atom is -0.398 e. The maximum atomic E-state index is 14.8. The normalized spacial score (nSPS) is 16.8. The Labute approximate surface area is 181 Å². The van der Waals surface area contributed by atoms with Crippen molar-refractivity contribution in [3.63, 3.8) is 0 Å². The summed E-state index contributed by atoms with van der Waals surface area (Å²) in [6.45, 7) is 0.726. The second kappa shape index (κ2) is 7.86. The second-order valence-corrected chi connectivity index (χ2v) is 8.24. The van der Waals surface area contributed by atoms with Crippen LogP contribution in [0, 0.1) is 5.82 Å². The quantitative estimate of drug-likeness (QED) is 0.352. The van der Waals surface area contributed by atoms with Gasteiger partial charge in [0.25, 0.3) is 0 Å². The van der Waals surface area contributed by atoms with Crippen LogP contribution in [-0.4, -0.2) is 32.8 Å². The zero-order valence-electron chi connectivity index (χ0n) is 16.8. The van der Waals surface area contributed by atoms with Crippen LogP contribution in [0.1, 0.15) is 25.5 Å². The number of aromatic nitrogens is 4. The number of anilines is 2. The third kappa shape index (κ3) is 3.41. The molecule has 4 N–H and O–H groups in total. The van der Waals surface area contributed by atoms with Crippen molar-refractivity contribution in [1.82, 2.24) is 19.9 Å². The molecule has 160 valence electrons. The number of halogens is 1. The Balaban J connectivity index is 1.62. The summed E-state index contributed by atoms with van der Waals surface area (Å²) in [6, 6.07) is 2.96. The van der Waals surface area contributed by atoms with Gasteiger partial charge in [0.2, 0.25) is 0 Å². The monoisotopic (exact) mass is 440 g/mol. The van der Waals surface area contributed by atoms with Crippen molar-refractivity contribution in [3.8, 4) is 22.4 Å². The van der Waals surface area contributed by atoms with Crippen LogP contribution in [0.15, 0.2) is 40.1 Å². The van der Waals surface area contributed by atoms with Crippen LogP contribution in [0.4, 0.5) is 15.9 Å². The molecule has 1 unspecified atom stereocenters. The summed E-state index contributed by atoms with van der Waals surface area (Å²) in [5, 5.41) is 8.82. The Morgan fingerprint density at radius 1 is 1.19 bits per heavy atom. The number of rotatable bonds is 4. The Kier molecular flexibility index (Phi) is 5.03. The number of pyridine rings is 1. The van der Waals surface area contributed by atoms with Gasteiger partial charge in [-0.25, -0.2) is 9.07 Å². The van der Waals surface area contributed by atoms with E-state index in [2.05, 4.69) is 15.2 Å². The van der Waals surface area contributed by atoms with Gasteiger partial charge >= 0.3 is 0 Å². The first-order valence-corrected chi connectivity index (χ1v) is 11.1. The second-order valence-electron chi connectivity index (χ2n) is 7.40. The van der Waals surface area contributed by atoms with Crippen molar-refractivity contribution in [2.24, 2.45) is 0 Å². The lowest BCUT2D eigenvalue weighted by atomic mass is 10.0. The van der Waals surface area contributed by atoms with Crippen LogP contribution >= 0.6 is 11.8 Å². The van der Waals surface area contributed by atoms with E-state index in [1.165, 1.54) is 17.8 Å². The molecule has 1 aliphatic heterocycles. The van der Waals surface area contributed by atoms with E-state index in [-0.39, 0.29) is 17.6 Å². The molecule has 4 heterocycles. The molecule has 31 heavy (non-hydrogen) atoms. The fourth-order valence-corrected chi connectivity index (χ4v) is 4.40. The van der Waals surface area contributed by atoms with Gasteiger partial charge in [0.15, 0.2) is 11.4 Å². The first-order chi connectivity index (χ1) is 15.1. The summed E-state index contributed by atoms with van der Waals surface area (Å²) in [5.74, 6) is -0.344. The van der Waals surface area contributed by atoms with E-state index in [9.17, 15) is 4.39 Å². The molecule has 1 fully saturated rings. The maximum Gasteiger partial charge on any atom is 0.180 e. The molecule has 8 nitrogen and oxygen atoms in total. The number of nitrogens with zero attached hydrogens (tertiary/aromatic N) is 4. The highest BCUT2D eigenvalue weighted by atomic mass is 32.2. The van der Waals surface area contributed by atoms with Crippen molar-refractivity contribution in [1.29, 1.82) is 0 Å². The first kappa shape index (κ1) is 19.8. The number of hydrogen-bond donors (Lipinski definition) is 2. The molecule has 1 aliphatic rings. The Bertz CT molecular complexity index is 1260. The molecule has 1 aromatic carbocycles. The third-order valence-electron chi connectivity index (χ3n) is 5.46. The van der Waals surface area contributed by atoms with E-state index in [1.54, 1.807) is 23.1 Å². The number of hydrogen-bond acceptors (Lipinski definition) is 8. The Morgan fingerprint density at radius 3 is 2.84 bits per heavy atom. The van der Waals surface area contributed by atoms with Crippen LogP contribution in [0.25, 0.3) is 33.4 Å². The summed E-state index contributed by atoms with van der Waals surface area (Å²) in [5.41, 5.74) is 14.9. The van der Waals surface area contributed by atoms with Crippen LogP contribution in [-0.2, 0) is 4.74 Å². The van der Waals surface area contributed by atoms with E-state index < -0.39 is 5.82 Å². The predicted octanol–water partition coefficient (Wildman–Crippen LogP) is 4.48. The summed E-state index contributed by atoms with van der Waals surface area (Å²) in [4.78, 5) is 5.29. The number of thioether (sulfide) groups is 1. The topological polar surface area (TPSA) is 118 Å². The van der Waals surface area contributed by atoms with E-state index >= 15 is 0 Å². The lowest BCUT2D eigenvalue weighted by Gasteiger charge is -2.22. The minimum absolute atomic E-state index is 0.0844. The molecular weight excluding hydrogens is 419 g/mol. The molecule has 1 saturated heterocycles. The zero-order chi connectivity index (χ0) is 21.5. The largest absolute Gasteiger partial charge is 0.398 e. The van der Waals surface area contributed by atoms with Crippen molar-refractivity contribution >= 4 is 34.2 Å². The van der Waals surface area contributed by atoms with Crippen LogP contribution in [0.3, 0.4) is 0 Å². The molecule has 0 spiro atoms. The number of benzene rings is 1. The Hall–Kier alpha value is -3.11. The fraction of sp³-hybridized carbons (Fsp3) is 0.286. The number of fused-ring (bicyclic) bond motifs is 1. The van der Waals surface area contributed by atoms with Gasteiger partial charge in [0.1, 0.15) is 12.0 Å². The van der Waals surface area contributed by atoms with Crippen molar-refractivity contribution < 1.29 is 13.7 Å². The van der Waals surface area contributed by atoms with Crippen LogP contribution in [0.5, 0.6) is 0 Å². The van der Waals surface area contributed by atoms with E-state index in [1.807, 2.05) is 12.5 Å². The van der Waals surface area contributed by atoms with Gasteiger partial charge in [-0.1, -0.05) is 5.16 Å². The SMILES string of the molecule is CSc1cc(-c2ncc(-c3cnn(C4CCCCO4)c3)c3onc(N)c23)c(F)cc1N. The molecular formula is C21H21FN6O2S. The number of nitrogen functional groups attached to an aromatic ring is 2. The van der Waals surface area contributed by atoms with Gasteiger partial charge in [0, 0.05) is 46.3 Å². The molecule has 0 aliphatic carbocycles. The van der Waals surface area contributed by atoms with Crippen molar-refractivity contribution in [3.05, 3.63) is 36.5 Å². The highest BCUT2D eigenvalue weighted by molar-refractivity contribution is 7.98. The molecule has 10 heteroatoms. The fourth-order valence-electron chi connectivity index (χ4n) is 3.87. The van der Waals surface area contributed by atoms with Gasteiger partial charge < -0.3 is 20.7 Å². The molecule has 5 rings (SSSR count). The van der Waals surface area contributed by atoms with Crippen LogP contribution < -0.4 is 11.5 Å². The predicted molar refractivity (Wildman–Crippen MR) is 118 cm³/mol. The standard InChI is InChI=1S/C21H21FN6O2S/c1-31-16-6-12(14(22)7-15(16)23)19-18-20(30-27-21(18)24)13(9-25-19)11-8-26-28(10-11)17-4-2-3-5-29-17/h6-10,17H,2-5,23H2,1H3,(H2,24,27).